The normalized spacial score (nSPS) is 12.3. The number of hydrogen-bond acceptors (Lipinski definition) is 6. The van der Waals surface area contributed by atoms with Gasteiger partial charge in [-0.1, -0.05) is 42.1 Å². The van der Waals surface area contributed by atoms with Gasteiger partial charge in [0.2, 0.25) is 11.7 Å². The highest BCUT2D eigenvalue weighted by atomic mass is 32.2. The monoisotopic (exact) mass is 451 g/mol. The summed E-state index contributed by atoms with van der Waals surface area (Å²) in [6, 6.07) is 15.0. The van der Waals surface area contributed by atoms with E-state index in [4.69, 9.17) is 4.74 Å². The van der Waals surface area contributed by atoms with Crippen LogP contribution in [0.2, 0.25) is 0 Å². The molecule has 4 rings (SSSR count). The number of nitrogens with one attached hydrogen (secondary N) is 1. The Bertz CT molecular complexity index is 1330. The van der Waals surface area contributed by atoms with E-state index in [2.05, 4.69) is 15.5 Å². The number of thioether (sulfide) groups is 1. The summed E-state index contributed by atoms with van der Waals surface area (Å²) in [7, 11) is 1.63. The Morgan fingerprint density at radius 1 is 1.16 bits per heavy atom. The quantitative estimate of drug-likeness (QED) is 0.326. The van der Waals surface area contributed by atoms with Gasteiger partial charge in [0.15, 0.2) is 5.16 Å². The molecule has 2 aromatic carbocycles. The third-order valence-electron chi connectivity index (χ3n) is 5.26. The maximum absolute atomic E-state index is 13.1. The summed E-state index contributed by atoms with van der Waals surface area (Å²) in [5, 5.41) is 12.3. The number of benzene rings is 2. The van der Waals surface area contributed by atoms with Crippen LogP contribution in [0.5, 0.6) is 0 Å². The number of rotatable bonds is 8. The van der Waals surface area contributed by atoms with Crippen LogP contribution in [0.15, 0.2) is 58.5 Å². The first-order valence-electron chi connectivity index (χ1n) is 10.4. The SMILES string of the molecule is COCCCn1c(=O)c2ccccc2n2c(SC(C)C(=O)Nc3ccccc3C)nnc12. The average molecular weight is 452 g/mol. The third-order valence-corrected chi connectivity index (χ3v) is 6.31. The van der Waals surface area contributed by atoms with Crippen molar-refractivity contribution in [1.29, 1.82) is 0 Å². The van der Waals surface area contributed by atoms with Crippen molar-refractivity contribution in [3.8, 4) is 0 Å². The number of carbonyl (C=O) groups excluding carboxylic acids is 1. The van der Waals surface area contributed by atoms with Crippen LogP contribution in [-0.4, -0.2) is 44.0 Å². The Labute approximate surface area is 189 Å². The Hall–Kier alpha value is -3.17. The first-order valence-corrected chi connectivity index (χ1v) is 11.3. The number of amides is 1. The highest BCUT2D eigenvalue weighted by Crippen LogP contribution is 2.26. The van der Waals surface area contributed by atoms with Crippen molar-refractivity contribution in [1.82, 2.24) is 19.2 Å². The minimum atomic E-state index is -0.422. The van der Waals surface area contributed by atoms with Gasteiger partial charge in [0, 0.05) is 25.9 Å². The molecule has 0 bridgehead atoms. The minimum Gasteiger partial charge on any atom is -0.385 e. The molecule has 4 aromatic rings. The molecule has 8 nitrogen and oxygen atoms in total. The third kappa shape index (κ3) is 4.26. The lowest BCUT2D eigenvalue weighted by Gasteiger charge is -2.14. The summed E-state index contributed by atoms with van der Waals surface area (Å²) >= 11 is 1.31. The van der Waals surface area contributed by atoms with Gasteiger partial charge in [0.25, 0.3) is 5.56 Å². The van der Waals surface area contributed by atoms with Crippen LogP contribution in [0, 0.1) is 6.92 Å². The number of ether oxygens (including phenoxy) is 1. The molecule has 0 saturated heterocycles. The molecular formula is C23H25N5O3S. The van der Waals surface area contributed by atoms with Crippen LogP contribution < -0.4 is 10.9 Å². The van der Waals surface area contributed by atoms with E-state index in [1.165, 1.54) is 11.8 Å². The van der Waals surface area contributed by atoms with Gasteiger partial charge < -0.3 is 10.1 Å². The van der Waals surface area contributed by atoms with Crippen LogP contribution in [0.1, 0.15) is 18.9 Å². The highest BCUT2D eigenvalue weighted by Gasteiger charge is 2.22. The molecule has 1 atom stereocenters. The van der Waals surface area contributed by atoms with E-state index >= 15 is 0 Å². The van der Waals surface area contributed by atoms with Crippen molar-refractivity contribution in [2.75, 3.05) is 19.0 Å². The molecule has 1 amide bonds. The van der Waals surface area contributed by atoms with Crippen molar-refractivity contribution < 1.29 is 9.53 Å². The minimum absolute atomic E-state index is 0.113. The molecule has 166 valence electrons. The Kier molecular flexibility index (Phi) is 6.57. The van der Waals surface area contributed by atoms with Crippen molar-refractivity contribution >= 4 is 40.0 Å². The van der Waals surface area contributed by atoms with Crippen LogP contribution in [-0.2, 0) is 16.1 Å². The average Bonchev–Trinajstić information content (AvgIpc) is 3.21. The standard InChI is InChI=1S/C23H25N5O3S/c1-15-9-4-6-11-18(15)24-20(29)16(2)32-23-26-25-22-27(13-8-14-31-3)21(30)17-10-5-7-12-19(17)28(22)23/h4-7,9-12,16H,8,13-14H2,1-3H3,(H,24,29). The van der Waals surface area contributed by atoms with Crippen LogP contribution >= 0.6 is 11.8 Å². The molecule has 2 heterocycles. The van der Waals surface area contributed by atoms with Crippen molar-refractivity contribution in [3.05, 3.63) is 64.4 Å². The van der Waals surface area contributed by atoms with Crippen LogP contribution in [0.3, 0.4) is 0 Å². The van der Waals surface area contributed by atoms with Crippen LogP contribution in [0.25, 0.3) is 16.7 Å². The van der Waals surface area contributed by atoms with E-state index in [1.807, 2.05) is 60.7 Å². The lowest BCUT2D eigenvalue weighted by atomic mass is 10.2. The number of anilines is 1. The molecule has 0 aliphatic rings. The number of hydrogen-bond donors (Lipinski definition) is 1. The number of nitrogens with zero attached hydrogens (tertiary/aromatic N) is 4. The lowest BCUT2D eigenvalue weighted by molar-refractivity contribution is -0.115. The van der Waals surface area contributed by atoms with Gasteiger partial charge in [-0.05, 0) is 44.0 Å². The molecule has 0 aliphatic carbocycles. The van der Waals surface area contributed by atoms with Gasteiger partial charge in [0.1, 0.15) is 0 Å². The Balaban J connectivity index is 1.69. The van der Waals surface area contributed by atoms with Gasteiger partial charge in [-0.15, -0.1) is 10.2 Å². The first kappa shape index (κ1) is 22.0. The Morgan fingerprint density at radius 2 is 1.91 bits per heavy atom. The largest absolute Gasteiger partial charge is 0.385 e. The zero-order valence-corrected chi connectivity index (χ0v) is 19.1. The van der Waals surface area contributed by atoms with Crippen molar-refractivity contribution in [2.24, 2.45) is 0 Å². The number of aryl methyl sites for hydroxylation is 2. The maximum atomic E-state index is 13.1. The van der Waals surface area contributed by atoms with Crippen molar-refractivity contribution in [2.45, 2.75) is 37.2 Å². The van der Waals surface area contributed by atoms with Gasteiger partial charge in [-0.3, -0.25) is 18.6 Å². The molecular weight excluding hydrogens is 426 g/mol. The molecule has 1 N–H and O–H groups in total. The van der Waals surface area contributed by atoms with E-state index in [0.717, 1.165) is 16.8 Å². The smallest absolute Gasteiger partial charge is 0.262 e. The zero-order valence-electron chi connectivity index (χ0n) is 18.2. The van der Waals surface area contributed by atoms with Gasteiger partial charge in [0.05, 0.1) is 16.2 Å². The summed E-state index contributed by atoms with van der Waals surface area (Å²) in [6.07, 6.45) is 0.676. The van der Waals surface area contributed by atoms with E-state index in [1.54, 1.807) is 17.7 Å². The number of para-hydroxylation sites is 2. The molecule has 0 aliphatic heterocycles. The fourth-order valence-corrected chi connectivity index (χ4v) is 4.39. The fourth-order valence-electron chi connectivity index (χ4n) is 3.54. The molecule has 0 fully saturated rings. The highest BCUT2D eigenvalue weighted by molar-refractivity contribution is 8.00. The first-order chi connectivity index (χ1) is 15.5. The molecule has 2 aromatic heterocycles. The van der Waals surface area contributed by atoms with Gasteiger partial charge in [-0.2, -0.15) is 0 Å². The second-order valence-corrected chi connectivity index (χ2v) is 8.81. The summed E-state index contributed by atoms with van der Waals surface area (Å²) in [5.74, 6) is 0.331. The number of fused-ring (bicyclic) bond motifs is 3. The predicted molar refractivity (Wildman–Crippen MR) is 126 cm³/mol. The summed E-state index contributed by atoms with van der Waals surface area (Å²) in [4.78, 5) is 25.9. The summed E-state index contributed by atoms with van der Waals surface area (Å²) < 4.78 is 8.61. The van der Waals surface area contributed by atoms with E-state index in [9.17, 15) is 9.59 Å². The molecule has 32 heavy (non-hydrogen) atoms. The van der Waals surface area contributed by atoms with Gasteiger partial charge in [-0.25, -0.2) is 0 Å². The van der Waals surface area contributed by atoms with Crippen molar-refractivity contribution in [3.63, 3.8) is 0 Å². The second-order valence-electron chi connectivity index (χ2n) is 7.50. The fraction of sp³-hybridized carbons (Fsp3) is 0.304. The number of methoxy groups -OCH3 is 1. The van der Waals surface area contributed by atoms with Gasteiger partial charge >= 0.3 is 0 Å². The van der Waals surface area contributed by atoms with E-state index in [-0.39, 0.29) is 11.5 Å². The Morgan fingerprint density at radius 3 is 2.69 bits per heavy atom. The molecule has 0 saturated carbocycles. The maximum Gasteiger partial charge on any atom is 0.262 e. The second kappa shape index (κ2) is 9.54. The predicted octanol–water partition coefficient (Wildman–Crippen LogP) is 3.51. The molecule has 0 radical (unpaired) electrons. The summed E-state index contributed by atoms with van der Waals surface area (Å²) in [5.41, 5.74) is 2.39. The molecule has 0 spiro atoms. The van der Waals surface area contributed by atoms with E-state index < -0.39 is 5.25 Å². The number of aromatic nitrogens is 4. The lowest BCUT2D eigenvalue weighted by Crippen LogP contribution is -2.25. The molecule has 9 heteroatoms. The van der Waals surface area contributed by atoms with Crippen LogP contribution in [0.4, 0.5) is 5.69 Å². The topological polar surface area (TPSA) is 90.5 Å². The number of carbonyl (C=O) groups is 1. The molecule has 1 unspecified atom stereocenters. The zero-order chi connectivity index (χ0) is 22.7. The summed E-state index contributed by atoms with van der Waals surface area (Å²) in [6.45, 7) is 4.79. The van der Waals surface area contributed by atoms with E-state index in [0.29, 0.717) is 35.9 Å².